The second-order valence-corrected chi connectivity index (χ2v) is 6.73. The van der Waals surface area contributed by atoms with Crippen molar-refractivity contribution in [2.24, 2.45) is 9.98 Å². The van der Waals surface area contributed by atoms with E-state index in [0.717, 1.165) is 33.6 Å². The normalized spacial score (nSPS) is 12.0. The van der Waals surface area contributed by atoms with Crippen molar-refractivity contribution in [3.05, 3.63) is 108 Å². The minimum absolute atomic E-state index is 0.928. The molecule has 0 aliphatic carbocycles. The fraction of sp³-hybridized carbons (Fsp3) is 0. The third-order valence-electron chi connectivity index (χ3n) is 4.98. The van der Waals surface area contributed by atoms with Gasteiger partial charge in [-0.25, -0.2) is 0 Å². The van der Waals surface area contributed by atoms with Gasteiger partial charge < -0.3 is 0 Å². The lowest BCUT2D eigenvalue weighted by atomic mass is 9.89. The number of rotatable bonds is 2. The average molecular weight is 358 g/mol. The molecule has 0 bridgehead atoms. The Morgan fingerprint density at radius 2 is 1.11 bits per heavy atom. The molecule has 5 rings (SSSR count). The highest BCUT2D eigenvalue weighted by Crippen LogP contribution is 2.39. The summed E-state index contributed by atoms with van der Waals surface area (Å²) in [5.74, 6) is 0. The molecule has 132 valence electrons. The van der Waals surface area contributed by atoms with E-state index in [4.69, 9.17) is 9.98 Å². The zero-order valence-electron chi connectivity index (χ0n) is 15.3. The van der Waals surface area contributed by atoms with E-state index >= 15 is 0 Å². The van der Waals surface area contributed by atoms with Crippen molar-refractivity contribution in [1.29, 1.82) is 0 Å². The fourth-order valence-corrected chi connectivity index (χ4v) is 3.61. The maximum Gasteiger partial charge on any atom is 0.0724 e. The smallest absolute Gasteiger partial charge is 0.0724 e. The third kappa shape index (κ3) is 2.95. The van der Waals surface area contributed by atoms with Crippen molar-refractivity contribution < 1.29 is 0 Å². The second kappa shape index (κ2) is 7.09. The average Bonchev–Trinajstić information content (AvgIpc) is 2.76. The van der Waals surface area contributed by atoms with Crippen LogP contribution in [0.25, 0.3) is 22.3 Å². The highest BCUT2D eigenvalue weighted by Gasteiger charge is 2.16. The van der Waals surface area contributed by atoms with Gasteiger partial charge >= 0.3 is 0 Å². The van der Waals surface area contributed by atoms with E-state index in [1.165, 1.54) is 11.1 Å². The Hall–Kier alpha value is -3.78. The second-order valence-electron chi connectivity index (χ2n) is 6.73. The number of nitrogens with zero attached hydrogens (tertiary/aromatic N) is 2. The molecule has 2 nitrogen and oxygen atoms in total. The lowest BCUT2D eigenvalue weighted by Gasteiger charge is -2.17. The van der Waals surface area contributed by atoms with Gasteiger partial charge in [-0.3, -0.25) is 9.98 Å². The van der Waals surface area contributed by atoms with Crippen LogP contribution >= 0.6 is 0 Å². The molecule has 0 saturated heterocycles. The number of aliphatic imine (C=N–C) groups is 2. The molecule has 4 aromatic carbocycles. The van der Waals surface area contributed by atoms with Crippen LogP contribution in [0.5, 0.6) is 0 Å². The Balaban J connectivity index is 1.79. The molecule has 1 heterocycles. The molecule has 0 aromatic heterocycles. The van der Waals surface area contributed by atoms with Gasteiger partial charge in [0.15, 0.2) is 0 Å². The summed E-state index contributed by atoms with van der Waals surface area (Å²) in [5.41, 5.74) is 8.61. The van der Waals surface area contributed by atoms with Crippen LogP contribution in [0, 0.1) is 0 Å². The number of hydrogen-bond donors (Lipinski definition) is 0. The molecule has 4 aromatic rings. The van der Waals surface area contributed by atoms with Crippen LogP contribution in [0.15, 0.2) is 107 Å². The van der Waals surface area contributed by atoms with Crippen molar-refractivity contribution in [2.75, 3.05) is 0 Å². The Morgan fingerprint density at radius 1 is 0.464 bits per heavy atom. The van der Waals surface area contributed by atoms with Crippen LogP contribution in [-0.4, -0.2) is 12.4 Å². The largest absolute Gasteiger partial charge is 0.255 e. The summed E-state index contributed by atoms with van der Waals surface area (Å²) >= 11 is 0. The first-order valence-electron chi connectivity index (χ1n) is 9.35. The molecular weight excluding hydrogens is 340 g/mol. The third-order valence-corrected chi connectivity index (χ3v) is 4.98. The molecule has 1 aliphatic heterocycles. The zero-order valence-corrected chi connectivity index (χ0v) is 15.3. The Labute approximate surface area is 164 Å². The maximum atomic E-state index is 4.79. The van der Waals surface area contributed by atoms with Crippen molar-refractivity contribution in [2.45, 2.75) is 0 Å². The lowest BCUT2D eigenvalue weighted by Crippen LogP contribution is -1.96. The highest BCUT2D eigenvalue weighted by molar-refractivity contribution is 6.05. The van der Waals surface area contributed by atoms with Crippen LogP contribution in [0.2, 0.25) is 0 Å². The first kappa shape index (κ1) is 16.4. The summed E-state index contributed by atoms with van der Waals surface area (Å²) in [5, 5.41) is 0. The van der Waals surface area contributed by atoms with Crippen LogP contribution in [0.3, 0.4) is 0 Å². The topological polar surface area (TPSA) is 24.7 Å². The maximum absolute atomic E-state index is 4.79. The van der Waals surface area contributed by atoms with Gasteiger partial charge in [0, 0.05) is 29.1 Å². The van der Waals surface area contributed by atoms with Crippen LogP contribution in [0.4, 0.5) is 11.4 Å². The van der Waals surface area contributed by atoms with Gasteiger partial charge in [0.1, 0.15) is 0 Å². The Bertz CT molecular complexity index is 1190. The standard InChI is InChI=1S/C26H18N2/c1-3-9-19(10-4-1)22-15-16-25-23(26(22)20-11-5-2-6-12-20)18-28-24-14-8-7-13-21(24)17-27-25/h1-18H. The summed E-state index contributed by atoms with van der Waals surface area (Å²) < 4.78 is 0. The Kier molecular flexibility index (Phi) is 4.15. The first-order chi connectivity index (χ1) is 13.9. The summed E-state index contributed by atoms with van der Waals surface area (Å²) in [6.45, 7) is 0. The molecule has 28 heavy (non-hydrogen) atoms. The molecule has 0 N–H and O–H groups in total. The molecule has 0 atom stereocenters. The summed E-state index contributed by atoms with van der Waals surface area (Å²) in [4.78, 5) is 9.59. The number of hydrogen-bond acceptors (Lipinski definition) is 2. The van der Waals surface area contributed by atoms with E-state index < -0.39 is 0 Å². The molecule has 0 unspecified atom stereocenters. The van der Waals surface area contributed by atoms with E-state index in [0.29, 0.717) is 0 Å². The summed E-state index contributed by atoms with van der Waals surface area (Å²) in [6, 6.07) is 33.3. The molecule has 0 spiro atoms. The molecule has 0 saturated carbocycles. The lowest BCUT2D eigenvalue weighted by molar-refractivity contribution is 1.44. The molecule has 1 aliphatic rings. The van der Waals surface area contributed by atoms with Gasteiger partial charge in [-0.2, -0.15) is 0 Å². The highest BCUT2D eigenvalue weighted by atomic mass is 14.8. The Morgan fingerprint density at radius 3 is 1.89 bits per heavy atom. The van der Waals surface area contributed by atoms with Crippen molar-refractivity contribution in [1.82, 2.24) is 0 Å². The minimum atomic E-state index is 0.928. The molecule has 0 fully saturated rings. The summed E-state index contributed by atoms with van der Waals surface area (Å²) in [6.07, 6.45) is 3.86. The van der Waals surface area contributed by atoms with Crippen molar-refractivity contribution in [3.63, 3.8) is 0 Å². The van der Waals surface area contributed by atoms with Gasteiger partial charge in [0.25, 0.3) is 0 Å². The summed E-state index contributed by atoms with van der Waals surface area (Å²) in [7, 11) is 0. The van der Waals surface area contributed by atoms with Gasteiger partial charge in [-0.1, -0.05) is 84.9 Å². The molecule has 0 radical (unpaired) electrons. The van der Waals surface area contributed by atoms with Crippen LogP contribution in [-0.2, 0) is 0 Å². The number of para-hydroxylation sites is 1. The SMILES string of the molecule is C1=Nc2ccccc2C=Nc2ccc(-c3ccccc3)c(-c3ccccc3)c21. The zero-order chi connectivity index (χ0) is 18.8. The van der Waals surface area contributed by atoms with Gasteiger partial charge in [0.2, 0.25) is 0 Å². The van der Waals surface area contributed by atoms with E-state index in [1.54, 1.807) is 0 Å². The quantitative estimate of drug-likeness (QED) is 0.330. The van der Waals surface area contributed by atoms with E-state index in [9.17, 15) is 0 Å². The number of benzene rings is 4. The van der Waals surface area contributed by atoms with Gasteiger partial charge in [-0.05, 0) is 28.8 Å². The van der Waals surface area contributed by atoms with E-state index in [2.05, 4.69) is 60.7 Å². The van der Waals surface area contributed by atoms with E-state index in [-0.39, 0.29) is 0 Å². The van der Waals surface area contributed by atoms with Crippen LogP contribution in [0.1, 0.15) is 11.1 Å². The van der Waals surface area contributed by atoms with E-state index in [1.807, 2.05) is 48.8 Å². The van der Waals surface area contributed by atoms with Crippen LogP contribution < -0.4 is 0 Å². The minimum Gasteiger partial charge on any atom is -0.255 e. The van der Waals surface area contributed by atoms with Gasteiger partial charge in [0.05, 0.1) is 11.4 Å². The van der Waals surface area contributed by atoms with Crippen molar-refractivity contribution >= 4 is 23.8 Å². The monoisotopic (exact) mass is 358 g/mol. The predicted octanol–water partition coefficient (Wildman–Crippen LogP) is 6.84. The molecule has 2 heteroatoms. The first-order valence-corrected chi connectivity index (χ1v) is 9.35. The predicted molar refractivity (Wildman–Crippen MR) is 118 cm³/mol. The molecule has 0 amide bonds. The van der Waals surface area contributed by atoms with Crippen molar-refractivity contribution in [3.8, 4) is 22.3 Å². The fourth-order valence-electron chi connectivity index (χ4n) is 3.61. The molecular formula is C26H18N2. The number of fused-ring (bicyclic) bond motifs is 2. The van der Waals surface area contributed by atoms with Gasteiger partial charge in [-0.15, -0.1) is 0 Å².